The van der Waals surface area contributed by atoms with Gasteiger partial charge in [0.1, 0.15) is 0 Å². The first-order chi connectivity index (χ1) is 7.45. The monoisotopic (exact) mass is 221 g/mol. The summed E-state index contributed by atoms with van der Waals surface area (Å²) in [6.45, 7) is 6.11. The van der Waals surface area contributed by atoms with E-state index in [1.165, 1.54) is 5.56 Å². The highest BCUT2D eigenvalue weighted by molar-refractivity contribution is 5.68. The molecule has 0 bridgehead atoms. The van der Waals surface area contributed by atoms with Crippen molar-refractivity contribution in [2.24, 2.45) is 0 Å². The molecule has 1 atom stereocenters. The molecule has 88 valence electrons. The predicted octanol–water partition coefficient (Wildman–Crippen LogP) is 2.35. The van der Waals surface area contributed by atoms with E-state index in [4.69, 9.17) is 5.11 Å². The zero-order valence-corrected chi connectivity index (χ0v) is 10.3. The summed E-state index contributed by atoms with van der Waals surface area (Å²) in [5.41, 5.74) is 4.62. The van der Waals surface area contributed by atoms with Crippen molar-refractivity contribution in [1.82, 2.24) is 5.32 Å². The lowest BCUT2D eigenvalue weighted by atomic mass is 9.92. The summed E-state index contributed by atoms with van der Waals surface area (Å²) in [6, 6.07) is 4.07. The van der Waals surface area contributed by atoms with Gasteiger partial charge in [-0.15, -0.1) is 0 Å². The second kappa shape index (κ2) is 5.12. The quantitative estimate of drug-likeness (QED) is 0.820. The maximum absolute atomic E-state index is 10.8. The summed E-state index contributed by atoms with van der Waals surface area (Å²) in [4.78, 5) is 10.8. The van der Waals surface area contributed by atoms with E-state index in [1.807, 2.05) is 13.8 Å². The Bertz CT molecular complexity index is 376. The van der Waals surface area contributed by atoms with Crippen molar-refractivity contribution in [3.8, 4) is 0 Å². The van der Waals surface area contributed by atoms with Crippen LogP contribution in [0.2, 0.25) is 0 Å². The number of carboxylic acids is 1. The van der Waals surface area contributed by atoms with Crippen LogP contribution in [0.1, 0.15) is 34.7 Å². The van der Waals surface area contributed by atoms with Gasteiger partial charge in [-0.2, -0.15) is 0 Å². The molecular formula is C13H19NO2. The summed E-state index contributed by atoms with van der Waals surface area (Å²) >= 11 is 0. The lowest BCUT2D eigenvalue weighted by Crippen LogP contribution is -2.21. The second-order valence-corrected chi connectivity index (χ2v) is 4.25. The van der Waals surface area contributed by atoms with Crippen molar-refractivity contribution in [3.05, 3.63) is 34.4 Å². The van der Waals surface area contributed by atoms with Crippen LogP contribution >= 0.6 is 0 Å². The van der Waals surface area contributed by atoms with Gasteiger partial charge < -0.3 is 10.4 Å². The molecule has 1 aromatic carbocycles. The Morgan fingerprint density at radius 1 is 1.31 bits per heavy atom. The Labute approximate surface area is 96.5 Å². The van der Waals surface area contributed by atoms with E-state index in [0.717, 1.165) is 16.7 Å². The van der Waals surface area contributed by atoms with Crippen LogP contribution in [0.4, 0.5) is 0 Å². The zero-order valence-electron chi connectivity index (χ0n) is 10.3. The third-order valence-corrected chi connectivity index (χ3v) is 2.81. The summed E-state index contributed by atoms with van der Waals surface area (Å²) in [6.07, 6.45) is 0.112. The third-order valence-electron chi connectivity index (χ3n) is 2.81. The Kier molecular flexibility index (Phi) is 4.07. The highest BCUT2D eigenvalue weighted by atomic mass is 16.4. The first-order valence-electron chi connectivity index (χ1n) is 5.42. The molecule has 1 unspecified atom stereocenters. The molecule has 0 aliphatic carbocycles. The molecule has 0 heterocycles. The number of nitrogens with one attached hydrogen (secondary N) is 1. The van der Waals surface area contributed by atoms with Crippen LogP contribution in [0.15, 0.2) is 12.1 Å². The topological polar surface area (TPSA) is 49.3 Å². The summed E-state index contributed by atoms with van der Waals surface area (Å²) in [7, 11) is 1.80. The van der Waals surface area contributed by atoms with Gasteiger partial charge in [0.15, 0.2) is 0 Å². The average molecular weight is 221 g/mol. The number of carboxylic acid groups (broad SMARTS) is 1. The molecule has 0 saturated heterocycles. The fourth-order valence-corrected chi connectivity index (χ4v) is 2.26. The normalized spacial score (nSPS) is 12.5. The molecule has 16 heavy (non-hydrogen) atoms. The number of carbonyl (C=O) groups is 1. The van der Waals surface area contributed by atoms with E-state index in [-0.39, 0.29) is 12.5 Å². The van der Waals surface area contributed by atoms with Crippen LogP contribution in [0, 0.1) is 20.8 Å². The standard InChI is InChI=1S/C13H19NO2/c1-8-5-9(2)13(10(3)6-8)11(14-4)7-12(15)16/h5-6,11,14H,7H2,1-4H3,(H,15,16). The van der Waals surface area contributed by atoms with E-state index in [2.05, 4.69) is 24.4 Å². The second-order valence-electron chi connectivity index (χ2n) is 4.25. The molecule has 0 radical (unpaired) electrons. The van der Waals surface area contributed by atoms with Crippen LogP contribution < -0.4 is 5.32 Å². The van der Waals surface area contributed by atoms with Gasteiger partial charge in [-0.1, -0.05) is 17.7 Å². The minimum atomic E-state index is -0.779. The highest BCUT2D eigenvalue weighted by Crippen LogP contribution is 2.25. The van der Waals surface area contributed by atoms with Crippen molar-refractivity contribution in [2.75, 3.05) is 7.05 Å². The summed E-state index contributed by atoms with van der Waals surface area (Å²) in [5.74, 6) is -0.779. The van der Waals surface area contributed by atoms with Crippen molar-refractivity contribution in [3.63, 3.8) is 0 Å². The molecule has 0 spiro atoms. The molecule has 0 aliphatic rings. The van der Waals surface area contributed by atoms with E-state index in [9.17, 15) is 4.79 Å². The Balaban J connectivity index is 3.14. The highest BCUT2D eigenvalue weighted by Gasteiger charge is 2.17. The number of aliphatic carboxylic acids is 1. The molecule has 0 aliphatic heterocycles. The maximum atomic E-state index is 10.8. The maximum Gasteiger partial charge on any atom is 0.305 e. The molecule has 2 N–H and O–H groups in total. The summed E-state index contributed by atoms with van der Waals surface area (Å²) in [5, 5.41) is 11.9. The lowest BCUT2D eigenvalue weighted by molar-refractivity contribution is -0.137. The van der Waals surface area contributed by atoms with Crippen LogP contribution in [0.5, 0.6) is 0 Å². The van der Waals surface area contributed by atoms with Crippen LogP contribution in [-0.2, 0) is 4.79 Å². The van der Waals surface area contributed by atoms with E-state index >= 15 is 0 Å². The lowest BCUT2D eigenvalue weighted by Gasteiger charge is -2.20. The number of rotatable bonds is 4. The fourth-order valence-electron chi connectivity index (χ4n) is 2.26. The molecule has 1 rings (SSSR count). The van der Waals surface area contributed by atoms with Gasteiger partial charge in [-0.3, -0.25) is 4.79 Å². The number of hydrogen-bond donors (Lipinski definition) is 2. The van der Waals surface area contributed by atoms with Crippen molar-refractivity contribution in [1.29, 1.82) is 0 Å². The minimum Gasteiger partial charge on any atom is -0.481 e. The molecule has 3 heteroatoms. The average Bonchev–Trinajstić information content (AvgIpc) is 2.13. The molecule has 1 aromatic rings. The SMILES string of the molecule is CNC(CC(=O)O)c1c(C)cc(C)cc1C. The minimum absolute atomic E-state index is 0.112. The summed E-state index contributed by atoms with van der Waals surface area (Å²) < 4.78 is 0. The number of benzene rings is 1. The smallest absolute Gasteiger partial charge is 0.305 e. The van der Waals surface area contributed by atoms with E-state index in [0.29, 0.717) is 0 Å². The van der Waals surface area contributed by atoms with Crippen molar-refractivity contribution >= 4 is 5.97 Å². The largest absolute Gasteiger partial charge is 0.481 e. The molecule has 0 aromatic heterocycles. The van der Waals surface area contributed by atoms with Crippen LogP contribution in [0.3, 0.4) is 0 Å². The van der Waals surface area contributed by atoms with Gasteiger partial charge in [0.2, 0.25) is 0 Å². The molecule has 0 saturated carbocycles. The van der Waals surface area contributed by atoms with Crippen molar-refractivity contribution in [2.45, 2.75) is 33.2 Å². The van der Waals surface area contributed by atoms with Crippen LogP contribution in [-0.4, -0.2) is 18.1 Å². The van der Waals surface area contributed by atoms with E-state index in [1.54, 1.807) is 7.05 Å². The zero-order chi connectivity index (χ0) is 12.3. The predicted molar refractivity (Wildman–Crippen MR) is 64.7 cm³/mol. The fraction of sp³-hybridized carbons (Fsp3) is 0.462. The third kappa shape index (κ3) is 2.83. The number of aryl methyl sites for hydroxylation is 3. The molecule has 3 nitrogen and oxygen atoms in total. The Morgan fingerprint density at radius 3 is 2.19 bits per heavy atom. The van der Waals surface area contributed by atoms with Crippen LogP contribution in [0.25, 0.3) is 0 Å². The molecule has 0 amide bonds. The first kappa shape index (κ1) is 12.7. The number of hydrogen-bond acceptors (Lipinski definition) is 2. The van der Waals surface area contributed by atoms with Gasteiger partial charge in [0.05, 0.1) is 6.42 Å². The molecule has 0 fully saturated rings. The first-order valence-corrected chi connectivity index (χ1v) is 5.42. The van der Waals surface area contributed by atoms with Gasteiger partial charge in [-0.05, 0) is 44.5 Å². The van der Waals surface area contributed by atoms with Gasteiger partial charge >= 0.3 is 5.97 Å². The van der Waals surface area contributed by atoms with Gasteiger partial charge in [-0.25, -0.2) is 0 Å². The molecular weight excluding hydrogens is 202 g/mol. The Hall–Kier alpha value is -1.35. The van der Waals surface area contributed by atoms with E-state index < -0.39 is 5.97 Å². The Morgan fingerprint density at radius 2 is 1.81 bits per heavy atom. The van der Waals surface area contributed by atoms with Crippen molar-refractivity contribution < 1.29 is 9.90 Å². The van der Waals surface area contributed by atoms with Gasteiger partial charge in [0.25, 0.3) is 0 Å². The van der Waals surface area contributed by atoms with Gasteiger partial charge in [0, 0.05) is 6.04 Å².